The van der Waals surface area contributed by atoms with Crippen LogP contribution in [-0.2, 0) is 11.0 Å². The largest absolute Gasteiger partial charge is 0.497 e. The number of carbonyl (C=O) groups excluding carboxylic acids is 1. The summed E-state index contributed by atoms with van der Waals surface area (Å²) in [5.41, 5.74) is 0.232. The minimum atomic E-state index is -4.58. The summed E-state index contributed by atoms with van der Waals surface area (Å²) in [5, 5.41) is 6.18. The molecule has 3 aromatic rings. The summed E-state index contributed by atoms with van der Waals surface area (Å²) in [7, 11) is 3.00. The molecule has 1 N–H and O–H groups in total. The Labute approximate surface area is 164 Å². The van der Waals surface area contributed by atoms with Gasteiger partial charge in [0, 0.05) is 12.6 Å². The fraction of sp³-hybridized carbons (Fsp3) is 0.200. The Kier molecular flexibility index (Phi) is 5.76. The second-order valence-electron chi connectivity index (χ2n) is 6.01. The first-order valence-corrected chi connectivity index (χ1v) is 8.57. The van der Waals surface area contributed by atoms with Gasteiger partial charge in [-0.15, -0.1) is 0 Å². The van der Waals surface area contributed by atoms with Crippen LogP contribution in [0.5, 0.6) is 11.5 Å². The number of likely N-dealkylation sites (N-methyl/N-ethyl adjacent to an activating group) is 1. The van der Waals surface area contributed by atoms with E-state index in [1.54, 1.807) is 48.5 Å². The maximum absolute atomic E-state index is 13.3. The Hall–Kier alpha value is -3.49. The van der Waals surface area contributed by atoms with Crippen molar-refractivity contribution in [2.24, 2.45) is 0 Å². The van der Waals surface area contributed by atoms with Gasteiger partial charge in [-0.3, -0.25) is 4.79 Å². The highest BCUT2D eigenvalue weighted by Crippen LogP contribution is 2.34. The molecule has 0 aliphatic carbocycles. The lowest BCUT2D eigenvalue weighted by molar-refractivity contribution is -0.141. The fourth-order valence-electron chi connectivity index (χ4n) is 2.59. The van der Waals surface area contributed by atoms with E-state index in [1.807, 2.05) is 0 Å². The number of ether oxygens (including phenoxy) is 2. The molecular formula is C20H18F3N3O3. The van der Waals surface area contributed by atoms with Gasteiger partial charge in [-0.2, -0.15) is 18.3 Å². The van der Waals surface area contributed by atoms with Crippen molar-refractivity contribution in [2.45, 2.75) is 6.18 Å². The van der Waals surface area contributed by atoms with Gasteiger partial charge in [-0.25, -0.2) is 4.68 Å². The zero-order chi connectivity index (χ0) is 21.0. The van der Waals surface area contributed by atoms with Gasteiger partial charge >= 0.3 is 6.18 Å². The number of hydrogen-bond donors (Lipinski definition) is 1. The Morgan fingerprint density at radius 3 is 2.24 bits per heavy atom. The van der Waals surface area contributed by atoms with E-state index in [2.05, 4.69) is 10.4 Å². The molecule has 1 heterocycles. The van der Waals surface area contributed by atoms with Gasteiger partial charge in [0.05, 0.1) is 18.5 Å². The minimum absolute atomic E-state index is 0.155. The molecule has 1 aromatic heterocycles. The molecular weight excluding hydrogens is 387 g/mol. The summed E-state index contributed by atoms with van der Waals surface area (Å²) in [6.45, 7) is -0.155. The van der Waals surface area contributed by atoms with Gasteiger partial charge in [-0.05, 0) is 54.6 Å². The summed E-state index contributed by atoms with van der Waals surface area (Å²) in [4.78, 5) is 11.3. The fourth-order valence-corrected chi connectivity index (χ4v) is 2.59. The van der Waals surface area contributed by atoms with Crippen LogP contribution in [-0.4, -0.2) is 36.5 Å². The van der Waals surface area contributed by atoms with Crippen LogP contribution < -0.4 is 14.8 Å². The van der Waals surface area contributed by atoms with E-state index < -0.39 is 11.9 Å². The van der Waals surface area contributed by atoms with E-state index in [-0.39, 0.29) is 18.2 Å². The third-order valence-electron chi connectivity index (χ3n) is 4.12. The van der Waals surface area contributed by atoms with Crippen molar-refractivity contribution in [1.82, 2.24) is 15.1 Å². The number of benzene rings is 2. The molecule has 1 amide bonds. The highest BCUT2D eigenvalue weighted by atomic mass is 19.4. The first-order valence-electron chi connectivity index (χ1n) is 8.57. The van der Waals surface area contributed by atoms with Crippen molar-refractivity contribution >= 4 is 5.91 Å². The SMILES string of the molecule is CNC(=O)COc1ccc(-c2cc(C(F)(F)F)nn2-c2ccc(OC)cc2)cc1. The number of methoxy groups -OCH3 is 1. The van der Waals surface area contributed by atoms with Crippen molar-refractivity contribution in [3.63, 3.8) is 0 Å². The molecule has 152 valence electrons. The predicted molar refractivity (Wildman–Crippen MR) is 100 cm³/mol. The van der Waals surface area contributed by atoms with Crippen LogP contribution in [0.1, 0.15) is 5.69 Å². The van der Waals surface area contributed by atoms with Crippen molar-refractivity contribution in [2.75, 3.05) is 20.8 Å². The first kappa shape index (κ1) is 20.2. The standard InChI is InChI=1S/C20H18F3N3O3/c1-24-19(27)12-29-16-7-3-13(4-8-16)17-11-18(20(21,22)23)25-26(17)14-5-9-15(28-2)10-6-14/h3-11H,12H2,1-2H3,(H,24,27). The van der Waals surface area contributed by atoms with Crippen LogP contribution in [0.3, 0.4) is 0 Å². The van der Waals surface area contributed by atoms with Crippen LogP contribution in [0.25, 0.3) is 16.9 Å². The van der Waals surface area contributed by atoms with Gasteiger partial charge in [-0.1, -0.05) is 0 Å². The summed E-state index contributed by atoms with van der Waals surface area (Å²) < 4.78 is 51.4. The molecule has 0 saturated heterocycles. The number of rotatable bonds is 6. The molecule has 9 heteroatoms. The van der Waals surface area contributed by atoms with Crippen LogP contribution in [0.2, 0.25) is 0 Å². The van der Waals surface area contributed by atoms with Gasteiger partial charge in [0.2, 0.25) is 0 Å². The molecule has 3 rings (SSSR count). The Bertz CT molecular complexity index is 981. The van der Waals surface area contributed by atoms with E-state index in [0.29, 0.717) is 22.7 Å². The maximum Gasteiger partial charge on any atom is 0.435 e. The zero-order valence-electron chi connectivity index (χ0n) is 15.7. The molecule has 2 aromatic carbocycles. The van der Waals surface area contributed by atoms with Crippen molar-refractivity contribution in [1.29, 1.82) is 0 Å². The molecule has 0 radical (unpaired) electrons. The quantitative estimate of drug-likeness (QED) is 0.679. The van der Waals surface area contributed by atoms with Crippen LogP contribution >= 0.6 is 0 Å². The van der Waals surface area contributed by atoms with Gasteiger partial charge < -0.3 is 14.8 Å². The predicted octanol–water partition coefficient (Wildman–Crippen LogP) is 3.69. The molecule has 0 fully saturated rings. The zero-order valence-corrected chi connectivity index (χ0v) is 15.7. The molecule has 0 atom stereocenters. The van der Waals surface area contributed by atoms with E-state index in [9.17, 15) is 18.0 Å². The average molecular weight is 405 g/mol. The number of amides is 1. The highest BCUT2D eigenvalue weighted by molar-refractivity contribution is 5.77. The number of carbonyl (C=O) groups is 1. The molecule has 0 spiro atoms. The normalized spacial score (nSPS) is 11.2. The number of nitrogens with one attached hydrogen (secondary N) is 1. The molecule has 0 saturated carbocycles. The van der Waals surface area contributed by atoms with Crippen molar-refractivity contribution in [3.05, 3.63) is 60.3 Å². The van der Waals surface area contributed by atoms with Gasteiger partial charge in [0.1, 0.15) is 11.5 Å². The first-order chi connectivity index (χ1) is 13.8. The Morgan fingerprint density at radius 1 is 1.07 bits per heavy atom. The lowest BCUT2D eigenvalue weighted by Gasteiger charge is -2.10. The second kappa shape index (κ2) is 8.26. The summed E-state index contributed by atoms with van der Waals surface area (Å²) in [5.74, 6) is 0.710. The average Bonchev–Trinajstić information content (AvgIpc) is 3.18. The van der Waals surface area contributed by atoms with E-state index in [4.69, 9.17) is 9.47 Å². The summed E-state index contributed by atoms with van der Waals surface area (Å²) in [6, 6.07) is 13.9. The van der Waals surface area contributed by atoms with Crippen LogP contribution in [0, 0.1) is 0 Å². The third-order valence-corrected chi connectivity index (χ3v) is 4.12. The van der Waals surface area contributed by atoms with Crippen LogP contribution in [0.15, 0.2) is 54.6 Å². The van der Waals surface area contributed by atoms with Crippen molar-refractivity contribution < 1.29 is 27.4 Å². The molecule has 0 aliphatic rings. The topological polar surface area (TPSA) is 65.4 Å². The lowest BCUT2D eigenvalue weighted by atomic mass is 10.1. The summed E-state index contributed by atoms with van der Waals surface area (Å²) in [6.07, 6.45) is -4.58. The Balaban J connectivity index is 1.96. The van der Waals surface area contributed by atoms with E-state index in [1.165, 1.54) is 18.8 Å². The molecule has 6 nitrogen and oxygen atoms in total. The van der Waals surface area contributed by atoms with Crippen molar-refractivity contribution in [3.8, 4) is 28.4 Å². The molecule has 0 unspecified atom stereocenters. The number of aromatic nitrogens is 2. The second-order valence-corrected chi connectivity index (χ2v) is 6.01. The molecule has 0 aliphatic heterocycles. The molecule has 29 heavy (non-hydrogen) atoms. The third kappa shape index (κ3) is 4.68. The number of hydrogen-bond acceptors (Lipinski definition) is 4. The number of halogens is 3. The highest BCUT2D eigenvalue weighted by Gasteiger charge is 2.35. The van der Waals surface area contributed by atoms with Gasteiger partial charge in [0.15, 0.2) is 12.3 Å². The van der Waals surface area contributed by atoms with E-state index in [0.717, 1.165) is 6.07 Å². The monoisotopic (exact) mass is 405 g/mol. The smallest absolute Gasteiger partial charge is 0.435 e. The minimum Gasteiger partial charge on any atom is -0.497 e. The lowest BCUT2D eigenvalue weighted by Crippen LogP contribution is -2.24. The molecule has 0 bridgehead atoms. The number of nitrogens with zero attached hydrogens (tertiary/aromatic N) is 2. The van der Waals surface area contributed by atoms with Crippen LogP contribution in [0.4, 0.5) is 13.2 Å². The summed E-state index contributed by atoms with van der Waals surface area (Å²) >= 11 is 0. The maximum atomic E-state index is 13.3. The van der Waals surface area contributed by atoms with Gasteiger partial charge in [0.25, 0.3) is 5.91 Å². The number of alkyl halides is 3. The Morgan fingerprint density at radius 2 is 1.69 bits per heavy atom. The van der Waals surface area contributed by atoms with E-state index >= 15 is 0 Å².